The van der Waals surface area contributed by atoms with Gasteiger partial charge in [-0.15, -0.1) is 0 Å². The first-order chi connectivity index (χ1) is 33.3. The summed E-state index contributed by atoms with van der Waals surface area (Å²) in [5.74, 6) is 0.975. The number of esters is 1. The van der Waals surface area contributed by atoms with Crippen LogP contribution in [-0.4, -0.2) is 88.4 Å². The van der Waals surface area contributed by atoms with Crippen LogP contribution in [-0.2, 0) is 38.4 Å². The normalized spacial score (nSPS) is 20.6. The average Bonchev–Trinajstić information content (AvgIpc) is 3.96. The van der Waals surface area contributed by atoms with Crippen molar-refractivity contribution < 1.29 is 51.9 Å². The van der Waals surface area contributed by atoms with Crippen LogP contribution < -0.4 is 36.7 Å². The molecule has 0 bridgehead atoms. The molecule has 0 amide bonds. The van der Waals surface area contributed by atoms with Crippen LogP contribution in [0, 0.1) is 13.8 Å². The zero-order valence-electron chi connectivity index (χ0n) is 38.1. The molecule has 2 aromatic heterocycles. The summed E-state index contributed by atoms with van der Waals surface area (Å²) in [4.78, 5) is 79.9. The largest absolute Gasteiger partial charge is 0.497 e. The fourth-order valence-electron chi connectivity index (χ4n) is 8.30. The zero-order chi connectivity index (χ0) is 48.7. The van der Waals surface area contributed by atoms with Crippen LogP contribution in [0.4, 0.5) is 0 Å². The number of H-pyrrole nitrogens is 2. The van der Waals surface area contributed by atoms with Gasteiger partial charge in [-0.25, -0.2) is 14.4 Å². The number of ether oxygens (including phenoxy) is 7. The number of methoxy groups -OCH3 is 2. The van der Waals surface area contributed by atoms with E-state index in [9.17, 15) is 28.9 Å². The quantitative estimate of drug-likeness (QED) is 0.0556. The Balaban J connectivity index is 1.06. The Labute approximate surface area is 396 Å². The van der Waals surface area contributed by atoms with Gasteiger partial charge in [-0.05, 0) is 66.9 Å². The molecule has 2 aliphatic heterocycles. The molecule has 362 valence electrons. The van der Waals surface area contributed by atoms with Crippen molar-refractivity contribution in [2.75, 3.05) is 34.0 Å². The minimum absolute atomic E-state index is 0.00368. The van der Waals surface area contributed by atoms with E-state index in [0.717, 1.165) is 16.7 Å². The maximum Gasteiger partial charge on any atom is 0.344 e. The molecular formula is C49H51N4O15P. The molecule has 2 fully saturated rings. The summed E-state index contributed by atoms with van der Waals surface area (Å²) in [6, 6.07) is 33.2. The molecule has 2 aliphatic rings. The Morgan fingerprint density at radius 2 is 1.14 bits per heavy atom. The van der Waals surface area contributed by atoms with Gasteiger partial charge < -0.3 is 47.1 Å². The van der Waals surface area contributed by atoms with Crippen molar-refractivity contribution in [1.29, 1.82) is 0 Å². The lowest BCUT2D eigenvalue weighted by atomic mass is 9.80. The summed E-state index contributed by atoms with van der Waals surface area (Å²) >= 11 is 0. The highest BCUT2D eigenvalue weighted by Gasteiger charge is 2.45. The van der Waals surface area contributed by atoms with Gasteiger partial charge in [-0.3, -0.25) is 28.7 Å². The number of aromatic amines is 2. The van der Waals surface area contributed by atoms with Crippen LogP contribution in [0.2, 0.25) is 0 Å². The van der Waals surface area contributed by atoms with E-state index in [-0.39, 0.29) is 37.2 Å². The monoisotopic (exact) mass is 966 g/mol. The number of rotatable bonds is 19. The second kappa shape index (κ2) is 21.7. The molecule has 8 rings (SSSR count). The third kappa shape index (κ3) is 11.1. The van der Waals surface area contributed by atoms with Crippen molar-refractivity contribution in [2.24, 2.45) is 0 Å². The minimum atomic E-state index is -2.75. The fourth-order valence-corrected chi connectivity index (χ4v) is 9.09. The van der Waals surface area contributed by atoms with Gasteiger partial charge in [-0.2, -0.15) is 0 Å². The van der Waals surface area contributed by atoms with E-state index in [1.807, 2.05) is 78.9 Å². The van der Waals surface area contributed by atoms with Crippen LogP contribution in [0.1, 0.15) is 53.1 Å². The number of benzene rings is 4. The third-order valence-corrected chi connectivity index (χ3v) is 12.7. The second-order valence-corrected chi connectivity index (χ2v) is 17.3. The van der Waals surface area contributed by atoms with Crippen molar-refractivity contribution in [1.82, 2.24) is 19.1 Å². The smallest absolute Gasteiger partial charge is 0.344 e. The maximum atomic E-state index is 13.2. The van der Waals surface area contributed by atoms with Gasteiger partial charge in [0.2, 0.25) is 0 Å². The lowest BCUT2D eigenvalue weighted by Gasteiger charge is -2.37. The number of para-hydroxylation sites is 1. The number of nitrogens with one attached hydrogen (secondary N) is 2. The summed E-state index contributed by atoms with van der Waals surface area (Å²) in [6.07, 6.45) is -3.23. The van der Waals surface area contributed by atoms with E-state index in [1.54, 1.807) is 51.5 Å². The molecule has 0 spiro atoms. The SMILES string of the molecule is COc1ccc(C(OC[C@H]2O[C@@H](n3cc(C)c(=O)[nH]c3=O)C[C@@H]2OP(O)OC[C@H]2O[C@@H](n3cc(C)c(=O)[nH]c3=O)C[C@@H]2OC(=O)COc2ccccc2)(c2ccccc2)c2ccc(OC)cc2)cc1. The highest BCUT2D eigenvalue weighted by Crippen LogP contribution is 2.46. The number of aromatic nitrogens is 4. The zero-order valence-corrected chi connectivity index (χ0v) is 38.9. The molecule has 4 heterocycles. The Kier molecular flexibility index (Phi) is 15.3. The number of hydrogen-bond donors (Lipinski definition) is 3. The third-order valence-electron chi connectivity index (χ3n) is 11.9. The van der Waals surface area contributed by atoms with E-state index in [4.69, 9.17) is 42.2 Å². The molecule has 0 aliphatic carbocycles. The average molecular weight is 967 g/mol. The van der Waals surface area contributed by atoms with Crippen LogP contribution in [0.15, 0.2) is 141 Å². The molecule has 3 N–H and O–H groups in total. The molecule has 4 aromatic carbocycles. The first-order valence-electron chi connectivity index (χ1n) is 21.9. The number of carbonyl (C=O) groups excluding carboxylic acids is 1. The van der Waals surface area contributed by atoms with E-state index < -0.39 is 86.1 Å². The molecule has 0 radical (unpaired) electrons. The summed E-state index contributed by atoms with van der Waals surface area (Å²) < 4.78 is 56.8. The maximum absolute atomic E-state index is 13.2. The minimum Gasteiger partial charge on any atom is -0.497 e. The van der Waals surface area contributed by atoms with Gasteiger partial charge in [-0.1, -0.05) is 72.8 Å². The van der Waals surface area contributed by atoms with Crippen molar-refractivity contribution in [3.8, 4) is 17.2 Å². The molecule has 0 saturated carbocycles. The van der Waals surface area contributed by atoms with Gasteiger partial charge in [0.25, 0.3) is 11.1 Å². The molecule has 20 heteroatoms. The summed E-state index contributed by atoms with van der Waals surface area (Å²) in [7, 11) is 0.403. The van der Waals surface area contributed by atoms with Gasteiger partial charge in [0.05, 0.1) is 33.5 Å². The second-order valence-electron chi connectivity index (χ2n) is 16.3. The van der Waals surface area contributed by atoms with Crippen LogP contribution in [0.3, 0.4) is 0 Å². The van der Waals surface area contributed by atoms with E-state index in [1.165, 1.54) is 28.5 Å². The Morgan fingerprint density at radius 1 is 0.667 bits per heavy atom. The molecule has 1 unspecified atom stereocenters. The Bertz CT molecular complexity index is 2880. The van der Waals surface area contributed by atoms with E-state index in [2.05, 4.69) is 9.97 Å². The van der Waals surface area contributed by atoms with E-state index in [0.29, 0.717) is 17.2 Å². The Hall–Kier alpha value is -6.70. The predicted octanol–water partition coefficient (Wildman–Crippen LogP) is 4.92. The van der Waals surface area contributed by atoms with Gasteiger partial charge in [0.1, 0.15) is 53.6 Å². The van der Waals surface area contributed by atoms with Gasteiger partial charge in [0.15, 0.2) is 6.61 Å². The number of hydrogen-bond acceptors (Lipinski definition) is 15. The topological polar surface area (TPSA) is 230 Å². The summed E-state index contributed by atoms with van der Waals surface area (Å²) in [5.41, 5.74) is -1.08. The molecule has 7 atom stereocenters. The first kappa shape index (κ1) is 48.7. The van der Waals surface area contributed by atoms with Gasteiger partial charge in [0, 0.05) is 36.4 Å². The molecular weight excluding hydrogens is 916 g/mol. The van der Waals surface area contributed by atoms with Crippen LogP contribution >= 0.6 is 8.60 Å². The first-order valence-corrected chi connectivity index (χ1v) is 23.1. The van der Waals surface area contributed by atoms with Crippen molar-refractivity contribution in [3.05, 3.63) is 191 Å². The lowest BCUT2D eigenvalue weighted by molar-refractivity contribution is -0.155. The molecule has 6 aromatic rings. The highest BCUT2D eigenvalue weighted by molar-refractivity contribution is 7.40. The number of nitrogens with zero attached hydrogens (tertiary/aromatic N) is 2. The van der Waals surface area contributed by atoms with E-state index >= 15 is 0 Å². The van der Waals surface area contributed by atoms with Gasteiger partial charge >= 0.3 is 26.0 Å². The van der Waals surface area contributed by atoms with Crippen molar-refractivity contribution in [2.45, 2.75) is 69.2 Å². The highest BCUT2D eigenvalue weighted by atomic mass is 31.2. The lowest BCUT2D eigenvalue weighted by Crippen LogP contribution is -2.38. The number of aryl methyl sites for hydroxylation is 2. The standard InChI is InChI=1S/C49H51N4O15P/c1-30-25-52(47(57)50-45(30)55)42-23-38(67-44(54)29-62-37-13-9-6-10-14-37)41(66-42)28-64-69(59)68-39-24-43(53-26-31(2)46(56)51-48(53)58)65-40(39)27-63-49(32-11-7-5-8-12-32,33-15-19-35(60-3)20-16-33)34-17-21-36(61-4)22-18-34/h5-22,25-26,38-43,59H,23-24,27-29H2,1-4H3,(H,50,55,57)(H,51,56,58)/t38-,39-,40+,41+,42+,43+,69?/m0/s1. The molecule has 2 saturated heterocycles. The van der Waals surface area contributed by atoms with Crippen molar-refractivity contribution in [3.63, 3.8) is 0 Å². The van der Waals surface area contributed by atoms with Crippen LogP contribution in [0.25, 0.3) is 0 Å². The summed E-state index contributed by atoms with van der Waals surface area (Å²) in [5, 5.41) is 0. The number of carbonyl (C=O) groups is 1. The predicted molar refractivity (Wildman–Crippen MR) is 249 cm³/mol. The Morgan fingerprint density at radius 3 is 1.67 bits per heavy atom. The summed E-state index contributed by atoms with van der Waals surface area (Å²) in [6.45, 7) is 2.11. The van der Waals surface area contributed by atoms with Crippen molar-refractivity contribution >= 4 is 14.6 Å². The fraction of sp³-hybridized carbons (Fsp3) is 0.327. The molecule has 19 nitrogen and oxygen atoms in total. The molecule has 69 heavy (non-hydrogen) atoms. The van der Waals surface area contributed by atoms with Crippen LogP contribution in [0.5, 0.6) is 17.2 Å².